The molecule has 0 radical (unpaired) electrons. The van der Waals surface area contributed by atoms with Crippen molar-refractivity contribution >= 4 is 28.4 Å². The molecule has 1 saturated carbocycles. The summed E-state index contributed by atoms with van der Waals surface area (Å²) in [5.74, 6) is 0.652. The van der Waals surface area contributed by atoms with Crippen molar-refractivity contribution in [2.24, 2.45) is 0 Å². The smallest absolute Gasteiger partial charge is 0.219 e. The summed E-state index contributed by atoms with van der Waals surface area (Å²) >= 11 is 6.71. The largest absolute Gasteiger partial charge is 0.475 e. The molecule has 26 heavy (non-hydrogen) atoms. The van der Waals surface area contributed by atoms with Gasteiger partial charge in [0.1, 0.15) is 6.10 Å². The number of rotatable bonds is 5. The van der Waals surface area contributed by atoms with Gasteiger partial charge in [-0.15, -0.1) is 0 Å². The molecule has 0 aliphatic heterocycles. The Balaban J connectivity index is 1.59. The molecule has 0 unspecified atom stereocenters. The van der Waals surface area contributed by atoms with E-state index in [9.17, 15) is 0 Å². The Hall–Kier alpha value is -1.32. The molecule has 1 aliphatic rings. The van der Waals surface area contributed by atoms with Gasteiger partial charge in [-0.1, -0.05) is 73.6 Å². The Kier molecular flexibility index (Phi) is 7.15. The number of thioether (sulfide) groups is 1. The number of ether oxygens (including phenoxy) is 1. The van der Waals surface area contributed by atoms with Crippen molar-refractivity contribution in [3.8, 4) is 11.1 Å². The van der Waals surface area contributed by atoms with Crippen molar-refractivity contribution in [1.29, 1.82) is 0 Å². The first-order valence-corrected chi connectivity index (χ1v) is 11.3. The van der Waals surface area contributed by atoms with Gasteiger partial charge in [0.15, 0.2) is 0 Å². The first-order valence-electron chi connectivity index (χ1n) is 9.63. The van der Waals surface area contributed by atoms with Gasteiger partial charge in [-0.05, 0) is 78.7 Å². The van der Waals surface area contributed by atoms with Crippen LogP contribution in [-0.2, 0) is 11.2 Å². The van der Waals surface area contributed by atoms with Crippen molar-refractivity contribution in [2.75, 3.05) is 6.26 Å². The zero-order valence-corrected chi connectivity index (χ0v) is 17.4. The van der Waals surface area contributed by atoms with Gasteiger partial charge in [-0.2, -0.15) is 0 Å². The van der Waals surface area contributed by atoms with Crippen LogP contribution in [0.3, 0.4) is 0 Å². The Labute approximate surface area is 167 Å². The molecule has 2 aromatic rings. The first-order chi connectivity index (χ1) is 12.7. The van der Waals surface area contributed by atoms with Crippen molar-refractivity contribution in [3.05, 3.63) is 59.7 Å². The fourth-order valence-electron chi connectivity index (χ4n) is 3.80. The van der Waals surface area contributed by atoms with Crippen LogP contribution in [-0.4, -0.2) is 16.7 Å². The van der Waals surface area contributed by atoms with Crippen molar-refractivity contribution in [1.82, 2.24) is 0 Å². The zero-order valence-electron chi connectivity index (χ0n) is 15.7. The van der Waals surface area contributed by atoms with E-state index in [0.717, 1.165) is 19.3 Å². The number of hydrogen-bond donors (Lipinski definition) is 0. The Morgan fingerprint density at radius 3 is 2.08 bits per heavy atom. The Morgan fingerprint density at radius 1 is 0.962 bits per heavy atom. The molecule has 0 saturated heterocycles. The lowest BCUT2D eigenvalue weighted by molar-refractivity contribution is 0.144. The summed E-state index contributed by atoms with van der Waals surface area (Å²) in [5, 5.41) is 0. The Morgan fingerprint density at radius 2 is 1.54 bits per heavy atom. The summed E-state index contributed by atoms with van der Waals surface area (Å²) in [6.07, 6.45) is 9.23. The van der Waals surface area contributed by atoms with E-state index in [1.54, 1.807) is 0 Å². The molecule has 0 heterocycles. The summed E-state index contributed by atoms with van der Waals surface area (Å²) in [5.41, 5.74) is 5.49. The standard InChI is InChI=1S/C23H28OS2/c1-3-4-17-5-7-18(8-6-17)19-9-11-20(12-10-19)21-13-15-22(16-14-21)24-23(25)26-2/h5-12,21-22H,3-4,13-16H2,1-2H3. The van der Waals surface area contributed by atoms with E-state index in [-0.39, 0.29) is 0 Å². The van der Waals surface area contributed by atoms with Gasteiger partial charge in [0.2, 0.25) is 4.38 Å². The molecule has 0 spiro atoms. The van der Waals surface area contributed by atoms with Crippen molar-refractivity contribution < 1.29 is 4.74 Å². The van der Waals surface area contributed by atoms with Crippen molar-refractivity contribution in [2.45, 2.75) is 57.5 Å². The van der Waals surface area contributed by atoms with Crippen LogP contribution in [0, 0.1) is 0 Å². The van der Waals surface area contributed by atoms with Gasteiger partial charge in [0.25, 0.3) is 0 Å². The number of benzene rings is 2. The average molecular weight is 385 g/mol. The third-order valence-corrected chi connectivity index (χ3v) is 6.34. The molecule has 0 aromatic heterocycles. The highest BCUT2D eigenvalue weighted by Gasteiger charge is 2.24. The molecule has 138 valence electrons. The maximum atomic E-state index is 5.82. The van der Waals surface area contributed by atoms with E-state index < -0.39 is 0 Å². The minimum atomic E-state index is 0.312. The normalized spacial score (nSPS) is 19.9. The maximum absolute atomic E-state index is 5.82. The van der Waals surface area contributed by atoms with Crippen LogP contribution in [0.2, 0.25) is 0 Å². The number of aryl methyl sites for hydroxylation is 1. The zero-order chi connectivity index (χ0) is 18.4. The predicted octanol–water partition coefficient (Wildman–Crippen LogP) is 7.00. The van der Waals surface area contributed by atoms with Crippen LogP contribution in [0.15, 0.2) is 48.5 Å². The highest BCUT2D eigenvalue weighted by molar-refractivity contribution is 8.22. The van der Waals surface area contributed by atoms with Crippen LogP contribution < -0.4 is 0 Å². The van der Waals surface area contributed by atoms with E-state index in [4.69, 9.17) is 17.0 Å². The van der Waals surface area contributed by atoms with Gasteiger partial charge in [0, 0.05) is 0 Å². The lowest BCUT2D eigenvalue weighted by atomic mass is 9.82. The molecule has 1 nitrogen and oxygen atoms in total. The number of thiocarbonyl (C=S) groups is 1. The molecule has 2 aromatic carbocycles. The van der Waals surface area contributed by atoms with Crippen molar-refractivity contribution in [3.63, 3.8) is 0 Å². The molecule has 0 atom stereocenters. The lowest BCUT2D eigenvalue weighted by Gasteiger charge is -2.29. The highest BCUT2D eigenvalue weighted by atomic mass is 32.2. The highest BCUT2D eigenvalue weighted by Crippen LogP contribution is 2.35. The second-order valence-corrected chi connectivity index (χ2v) is 8.52. The molecule has 3 rings (SSSR count). The quantitative estimate of drug-likeness (QED) is 0.514. The lowest BCUT2D eigenvalue weighted by Crippen LogP contribution is -2.22. The van der Waals surface area contributed by atoms with E-state index >= 15 is 0 Å². The second kappa shape index (κ2) is 9.57. The molecule has 0 amide bonds. The van der Waals surface area contributed by atoms with Crippen LogP contribution in [0.4, 0.5) is 0 Å². The maximum Gasteiger partial charge on any atom is 0.219 e. The molecule has 1 aliphatic carbocycles. The topological polar surface area (TPSA) is 9.23 Å². The summed E-state index contributed by atoms with van der Waals surface area (Å²) in [6, 6.07) is 18.2. The van der Waals surface area contributed by atoms with Crippen LogP contribution >= 0.6 is 24.0 Å². The fourth-order valence-corrected chi connectivity index (χ4v) is 4.17. The van der Waals surface area contributed by atoms with E-state index in [1.807, 2.05) is 6.26 Å². The first kappa shape index (κ1) is 19.4. The summed E-state index contributed by atoms with van der Waals surface area (Å²) in [7, 11) is 0. The van der Waals surface area contributed by atoms with E-state index in [2.05, 4.69) is 55.5 Å². The minimum absolute atomic E-state index is 0.312. The third kappa shape index (κ3) is 5.11. The predicted molar refractivity (Wildman–Crippen MR) is 118 cm³/mol. The van der Waals surface area contributed by atoms with Gasteiger partial charge in [0.05, 0.1) is 0 Å². The summed E-state index contributed by atoms with van der Waals surface area (Å²) in [4.78, 5) is 0. The van der Waals surface area contributed by atoms with Gasteiger partial charge >= 0.3 is 0 Å². The molecule has 3 heteroatoms. The van der Waals surface area contributed by atoms with E-state index in [1.165, 1.54) is 53.3 Å². The second-order valence-electron chi connectivity index (χ2n) is 7.11. The van der Waals surface area contributed by atoms with Gasteiger partial charge in [-0.3, -0.25) is 0 Å². The van der Waals surface area contributed by atoms with Crippen LogP contribution in [0.5, 0.6) is 0 Å². The summed E-state index contributed by atoms with van der Waals surface area (Å²) in [6.45, 7) is 2.23. The van der Waals surface area contributed by atoms with Gasteiger partial charge < -0.3 is 4.74 Å². The van der Waals surface area contributed by atoms with E-state index in [0.29, 0.717) is 16.4 Å². The van der Waals surface area contributed by atoms with Crippen LogP contribution in [0.25, 0.3) is 11.1 Å². The minimum Gasteiger partial charge on any atom is -0.475 e. The molecule has 1 fully saturated rings. The molecular weight excluding hydrogens is 356 g/mol. The Bertz CT molecular complexity index is 698. The van der Waals surface area contributed by atoms with Gasteiger partial charge in [-0.25, -0.2) is 0 Å². The molecule has 0 bridgehead atoms. The summed E-state index contributed by atoms with van der Waals surface area (Å²) < 4.78 is 6.51. The van der Waals surface area contributed by atoms with Crippen LogP contribution in [0.1, 0.15) is 56.1 Å². The molecular formula is C23H28OS2. The SMILES string of the molecule is CCCc1ccc(-c2ccc(C3CCC(OC(=S)SC)CC3)cc2)cc1. The fraction of sp³-hybridized carbons (Fsp3) is 0.435. The third-order valence-electron chi connectivity index (χ3n) is 5.31. The monoisotopic (exact) mass is 384 g/mol. The molecule has 0 N–H and O–H groups in total. The average Bonchev–Trinajstić information content (AvgIpc) is 2.69. The number of hydrogen-bond acceptors (Lipinski definition) is 3.